The van der Waals surface area contributed by atoms with E-state index in [0.717, 1.165) is 4.46 Å². The van der Waals surface area contributed by atoms with Crippen molar-refractivity contribution in [2.45, 2.75) is 31.3 Å². The Labute approximate surface area is 108 Å². The van der Waals surface area contributed by atoms with Gasteiger partial charge in [-0.2, -0.15) is 0 Å². The number of benzene rings is 1. The number of rotatable bonds is 5. The van der Waals surface area contributed by atoms with Gasteiger partial charge >= 0.3 is 108 Å². The summed E-state index contributed by atoms with van der Waals surface area (Å²) >= 11 is -0.258. The third-order valence-corrected chi connectivity index (χ3v) is 5.34. The number of ether oxygens (including phenoxy) is 1. The SMILES string of the molecule is CCOC(=O)C([Se]c1ccccc1)C(C)(C)F. The maximum atomic E-state index is 14.0. The molecule has 4 heteroatoms. The van der Waals surface area contributed by atoms with Crippen LogP contribution in [0.3, 0.4) is 0 Å². The van der Waals surface area contributed by atoms with Crippen molar-refractivity contribution in [3.8, 4) is 0 Å². The molecule has 0 heterocycles. The van der Waals surface area contributed by atoms with Gasteiger partial charge in [-0.1, -0.05) is 0 Å². The van der Waals surface area contributed by atoms with E-state index in [4.69, 9.17) is 4.74 Å². The Hall–Kier alpha value is -0.861. The second kappa shape index (κ2) is 6.18. The molecule has 1 atom stereocenters. The first-order chi connectivity index (χ1) is 7.95. The summed E-state index contributed by atoms with van der Waals surface area (Å²) in [5, 5.41) is 0. The second-order valence-electron chi connectivity index (χ2n) is 4.13. The first-order valence-electron chi connectivity index (χ1n) is 5.52. The van der Waals surface area contributed by atoms with Crippen LogP contribution in [0.1, 0.15) is 20.8 Å². The van der Waals surface area contributed by atoms with Crippen LogP contribution in [0.2, 0.25) is 4.82 Å². The Morgan fingerprint density at radius 3 is 2.47 bits per heavy atom. The Kier molecular flexibility index (Phi) is 5.16. The van der Waals surface area contributed by atoms with Crippen molar-refractivity contribution < 1.29 is 13.9 Å². The number of alkyl halides is 1. The number of hydrogen-bond donors (Lipinski definition) is 0. The Morgan fingerprint density at radius 1 is 1.41 bits per heavy atom. The molecular weight excluding hydrogens is 286 g/mol. The zero-order chi connectivity index (χ0) is 12.9. The third kappa shape index (κ3) is 4.49. The molecular formula is C13H17FO2Se. The monoisotopic (exact) mass is 304 g/mol. The van der Waals surface area contributed by atoms with E-state index in [9.17, 15) is 9.18 Å². The van der Waals surface area contributed by atoms with E-state index in [1.807, 2.05) is 30.3 Å². The summed E-state index contributed by atoms with van der Waals surface area (Å²) in [5.74, 6) is -0.441. The number of hydrogen-bond acceptors (Lipinski definition) is 2. The number of carbonyl (C=O) groups excluding carboxylic acids is 1. The van der Waals surface area contributed by atoms with Crippen LogP contribution < -0.4 is 4.46 Å². The van der Waals surface area contributed by atoms with Crippen LogP contribution >= 0.6 is 0 Å². The molecule has 0 aromatic heterocycles. The van der Waals surface area contributed by atoms with Crippen molar-refractivity contribution in [2.24, 2.45) is 0 Å². The van der Waals surface area contributed by atoms with E-state index in [2.05, 4.69) is 0 Å². The van der Waals surface area contributed by atoms with Crippen LogP contribution in [0.4, 0.5) is 4.39 Å². The van der Waals surface area contributed by atoms with Crippen LogP contribution in [0.25, 0.3) is 0 Å². The Bertz CT molecular complexity index is 359. The van der Waals surface area contributed by atoms with Gasteiger partial charge in [-0.15, -0.1) is 0 Å². The fourth-order valence-electron chi connectivity index (χ4n) is 1.32. The molecule has 0 fully saturated rings. The minimum atomic E-state index is -1.55. The molecule has 1 rings (SSSR count). The quantitative estimate of drug-likeness (QED) is 0.615. The molecule has 0 aliphatic rings. The minimum absolute atomic E-state index is 0.258. The van der Waals surface area contributed by atoms with Crippen LogP contribution in [-0.4, -0.2) is 33.2 Å². The molecule has 2 nitrogen and oxygen atoms in total. The third-order valence-electron chi connectivity index (χ3n) is 2.12. The molecule has 94 valence electrons. The number of carbonyl (C=O) groups is 1. The fourth-order valence-corrected chi connectivity index (χ4v) is 3.48. The summed E-state index contributed by atoms with van der Waals surface area (Å²) < 4.78 is 20.0. The van der Waals surface area contributed by atoms with Gasteiger partial charge in [-0.3, -0.25) is 0 Å². The van der Waals surface area contributed by atoms with E-state index in [-0.39, 0.29) is 21.6 Å². The summed E-state index contributed by atoms with van der Waals surface area (Å²) in [6.07, 6.45) is 0. The van der Waals surface area contributed by atoms with Gasteiger partial charge in [0.25, 0.3) is 0 Å². The van der Waals surface area contributed by atoms with Gasteiger partial charge < -0.3 is 0 Å². The van der Waals surface area contributed by atoms with Crippen LogP contribution in [0.15, 0.2) is 30.3 Å². The Balaban J connectivity index is 2.82. The van der Waals surface area contributed by atoms with Crippen molar-refractivity contribution >= 4 is 25.4 Å². The summed E-state index contributed by atoms with van der Waals surface area (Å²) in [7, 11) is 0. The van der Waals surface area contributed by atoms with E-state index in [1.165, 1.54) is 13.8 Å². The van der Waals surface area contributed by atoms with E-state index < -0.39 is 16.5 Å². The normalized spacial score (nSPS) is 13.2. The molecule has 0 saturated heterocycles. The van der Waals surface area contributed by atoms with Gasteiger partial charge in [0, 0.05) is 0 Å². The van der Waals surface area contributed by atoms with E-state index >= 15 is 0 Å². The zero-order valence-corrected chi connectivity index (χ0v) is 12.0. The summed E-state index contributed by atoms with van der Waals surface area (Å²) in [6, 6.07) is 9.52. The van der Waals surface area contributed by atoms with Gasteiger partial charge in [0.15, 0.2) is 0 Å². The molecule has 0 amide bonds. The molecule has 1 aromatic carbocycles. The van der Waals surface area contributed by atoms with Gasteiger partial charge in [-0.05, 0) is 0 Å². The predicted molar refractivity (Wildman–Crippen MR) is 67.4 cm³/mol. The average Bonchev–Trinajstić information content (AvgIpc) is 2.26. The van der Waals surface area contributed by atoms with Crippen molar-refractivity contribution in [2.75, 3.05) is 6.61 Å². The molecule has 0 radical (unpaired) electrons. The zero-order valence-electron chi connectivity index (χ0n) is 10.3. The van der Waals surface area contributed by atoms with Gasteiger partial charge in [0.2, 0.25) is 0 Å². The molecule has 0 aliphatic carbocycles. The van der Waals surface area contributed by atoms with Crippen molar-refractivity contribution in [3.05, 3.63) is 30.3 Å². The first kappa shape index (κ1) is 14.2. The van der Waals surface area contributed by atoms with Crippen LogP contribution in [0, 0.1) is 0 Å². The maximum absolute atomic E-state index is 14.0. The molecule has 1 aromatic rings. The number of halogens is 1. The van der Waals surface area contributed by atoms with Gasteiger partial charge in [0.1, 0.15) is 0 Å². The van der Waals surface area contributed by atoms with Crippen LogP contribution in [0.5, 0.6) is 0 Å². The molecule has 0 aliphatic heterocycles. The van der Waals surface area contributed by atoms with E-state index in [1.54, 1.807) is 6.92 Å². The molecule has 1 unspecified atom stereocenters. The van der Waals surface area contributed by atoms with Crippen LogP contribution in [-0.2, 0) is 9.53 Å². The topological polar surface area (TPSA) is 26.3 Å². The van der Waals surface area contributed by atoms with Gasteiger partial charge in [-0.25, -0.2) is 0 Å². The van der Waals surface area contributed by atoms with Crippen molar-refractivity contribution in [1.29, 1.82) is 0 Å². The van der Waals surface area contributed by atoms with Gasteiger partial charge in [0.05, 0.1) is 0 Å². The summed E-state index contributed by atoms with van der Waals surface area (Å²) in [5.41, 5.74) is -1.55. The predicted octanol–water partition coefficient (Wildman–Crippen LogP) is 2.12. The van der Waals surface area contributed by atoms with Crippen molar-refractivity contribution in [3.63, 3.8) is 0 Å². The molecule has 0 bridgehead atoms. The Morgan fingerprint density at radius 2 is 2.00 bits per heavy atom. The first-order valence-corrected chi connectivity index (χ1v) is 7.37. The standard InChI is InChI=1S/C13H17FO2Se/c1-4-16-12(15)11(13(2,3)14)17-10-8-6-5-7-9-10/h5-9,11H,4H2,1-3H3. The van der Waals surface area contributed by atoms with E-state index in [0.29, 0.717) is 0 Å². The molecule has 0 saturated carbocycles. The average molecular weight is 303 g/mol. The molecule has 0 spiro atoms. The number of esters is 1. The fraction of sp³-hybridized carbons (Fsp3) is 0.462. The molecule has 17 heavy (non-hydrogen) atoms. The summed E-state index contributed by atoms with van der Waals surface area (Å²) in [4.78, 5) is 11.1. The summed E-state index contributed by atoms with van der Waals surface area (Å²) in [6.45, 7) is 4.88. The van der Waals surface area contributed by atoms with Crippen molar-refractivity contribution in [1.82, 2.24) is 0 Å². The molecule has 0 N–H and O–H groups in total. The second-order valence-corrected chi connectivity index (χ2v) is 6.60.